The molecule has 0 radical (unpaired) electrons. The van der Waals surface area contributed by atoms with E-state index in [1.54, 1.807) is 0 Å². The minimum Gasteiger partial charge on any atom is -0.395 e. The molecule has 0 saturated heterocycles. The second-order valence-electron chi connectivity index (χ2n) is 2.70. The van der Waals surface area contributed by atoms with Gasteiger partial charge in [0.05, 0.1) is 11.6 Å². The van der Waals surface area contributed by atoms with Gasteiger partial charge < -0.3 is 5.11 Å². The van der Waals surface area contributed by atoms with Gasteiger partial charge >= 0.3 is 0 Å². The number of sulfonamides is 1. The molecule has 84 valence electrons. The number of nitrogens with one attached hydrogen (secondary N) is 1. The molecule has 0 unspecified atom stereocenters. The average molecular weight is 270 g/mol. The zero-order chi connectivity index (χ0) is 11.5. The highest BCUT2D eigenvalue weighted by atomic mass is 35.5. The maximum absolute atomic E-state index is 11.6. The van der Waals surface area contributed by atoms with Crippen molar-refractivity contribution in [2.75, 3.05) is 13.2 Å². The van der Waals surface area contributed by atoms with Gasteiger partial charge in [-0.15, -0.1) is 0 Å². The molecular weight excluding hydrogens is 261 g/mol. The number of halogens is 2. The third-order valence-electron chi connectivity index (χ3n) is 1.59. The van der Waals surface area contributed by atoms with E-state index in [4.69, 9.17) is 28.3 Å². The molecule has 0 aromatic heterocycles. The molecule has 2 N–H and O–H groups in total. The first-order chi connectivity index (χ1) is 6.97. The lowest BCUT2D eigenvalue weighted by Crippen LogP contribution is -2.26. The van der Waals surface area contributed by atoms with Crippen molar-refractivity contribution in [3.05, 3.63) is 28.2 Å². The Kier molecular flexibility index (Phi) is 4.36. The van der Waals surface area contributed by atoms with Gasteiger partial charge in [0.1, 0.15) is 4.90 Å². The largest absolute Gasteiger partial charge is 0.395 e. The molecule has 7 heteroatoms. The summed E-state index contributed by atoms with van der Waals surface area (Å²) in [5.41, 5.74) is 0. The minimum atomic E-state index is -3.70. The molecule has 15 heavy (non-hydrogen) atoms. The van der Waals surface area contributed by atoms with Crippen LogP contribution >= 0.6 is 23.2 Å². The molecule has 0 heterocycles. The third-order valence-corrected chi connectivity index (χ3v) is 3.76. The van der Waals surface area contributed by atoms with E-state index in [2.05, 4.69) is 4.72 Å². The molecule has 0 amide bonds. The van der Waals surface area contributed by atoms with E-state index in [0.29, 0.717) is 0 Å². The average Bonchev–Trinajstić information content (AvgIpc) is 2.18. The van der Waals surface area contributed by atoms with Crippen LogP contribution in [0.25, 0.3) is 0 Å². The summed E-state index contributed by atoms with van der Waals surface area (Å²) in [6.45, 7) is -0.345. The van der Waals surface area contributed by atoms with E-state index in [-0.39, 0.29) is 28.1 Å². The summed E-state index contributed by atoms with van der Waals surface area (Å²) in [5.74, 6) is 0. The molecule has 0 aliphatic heterocycles. The van der Waals surface area contributed by atoms with Crippen LogP contribution in [0.4, 0.5) is 0 Å². The fourth-order valence-corrected chi connectivity index (χ4v) is 2.72. The first kappa shape index (κ1) is 12.7. The maximum Gasteiger partial charge on any atom is 0.242 e. The molecule has 0 fully saturated rings. The Labute approximate surface area is 97.9 Å². The maximum atomic E-state index is 11.6. The van der Waals surface area contributed by atoms with E-state index in [1.807, 2.05) is 0 Å². The third kappa shape index (κ3) is 3.32. The predicted molar refractivity (Wildman–Crippen MR) is 58.7 cm³/mol. The molecule has 0 aliphatic carbocycles. The van der Waals surface area contributed by atoms with Crippen molar-refractivity contribution < 1.29 is 13.5 Å². The summed E-state index contributed by atoms with van der Waals surface area (Å²) in [6.07, 6.45) is 0. The standard InChI is InChI=1S/C8H9Cl2NO3S/c9-6-1-2-7(10)8(5-6)15(13,14)11-3-4-12/h1-2,5,11-12H,3-4H2. The zero-order valence-electron chi connectivity index (χ0n) is 7.57. The number of aliphatic hydroxyl groups is 1. The van der Waals surface area contributed by atoms with Gasteiger partial charge in [0.15, 0.2) is 0 Å². The number of rotatable bonds is 4. The van der Waals surface area contributed by atoms with Crippen molar-refractivity contribution in [2.45, 2.75) is 4.90 Å². The molecule has 0 saturated carbocycles. The quantitative estimate of drug-likeness (QED) is 0.865. The SMILES string of the molecule is O=S(=O)(NCCO)c1cc(Cl)ccc1Cl. The van der Waals surface area contributed by atoms with Crippen LogP contribution in [-0.4, -0.2) is 26.7 Å². The topological polar surface area (TPSA) is 66.4 Å². The number of hydrogen-bond acceptors (Lipinski definition) is 3. The van der Waals surface area contributed by atoms with Crippen LogP contribution in [0.1, 0.15) is 0 Å². The summed E-state index contributed by atoms with van der Waals surface area (Å²) in [4.78, 5) is -0.0925. The highest BCUT2D eigenvalue weighted by molar-refractivity contribution is 7.89. The van der Waals surface area contributed by atoms with Crippen molar-refractivity contribution in [1.29, 1.82) is 0 Å². The van der Waals surface area contributed by atoms with Crippen molar-refractivity contribution >= 4 is 33.2 Å². The molecule has 1 aromatic carbocycles. The van der Waals surface area contributed by atoms with Gasteiger partial charge in [-0.05, 0) is 18.2 Å². The fourth-order valence-electron chi connectivity index (χ4n) is 0.941. The predicted octanol–water partition coefficient (Wildman–Crippen LogP) is 1.26. The van der Waals surface area contributed by atoms with Crippen LogP contribution < -0.4 is 4.72 Å². The van der Waals surface area contributed by atoms with E-state index < -0.39 is 10.0 Å². The number of benzene rings is 1. The summed E-state index contributed by atoms with van der Waals surface area (Å²) in [6, 6.07) is 4.15. The molecule has 1 aromatic rings. The van der Waals surface area contributed by atoms with Crippen molar-refractivity contribution in [1.82, 2.24) is 4.72 Å². The summed E-state index contributed by atoms with van der Waals surface area (Å²) >= 11 is 11.4. The zero-order valence-corrected chi connectivity index (χ0v) is 9.90. The Morgan fingerprint density at radius 2 is 2.00 bits per heavy atom. The van der Waals surface area contributed by atoms with E-state index >= 15 is 0 Å². The second kappa shape index (κ2) is 5.14. The first-order valence-corrected chi connectivity index (χ1v) is 6.27. The Morgan fingerprint density at radius 1 is 1.33 bits per heavy atom. The molecule has 0 aliphatic rings. The van der Waals surface area contributed by atoms with Gasteiger partial charge in [-0.2, -0.15) is 0 Å². The normalized spacial score (nSPS) is 11.7. The molecule has 4 nitrogen and oxygen atoms in total. The van der Waals surface area contributed by atoms with E-state index in [1.165, 1.54) is 18.2 Å². The van der Waals surface area contributed by atoms with E-state index in [0.717, 1.165) is 0 Å². The molecule has 0 atom stereocenters. The van der Waals surface area contributed by atoms with Gasteiger partial charge in [0, 0.05) is 11.6 Å². The molecule has 0 bridgehead atoms. The Bertz CT molecular complexity index is 447. The van der Waals surface area contributed by atoms with Gasteiger partial charge in [0.2, 0.25) is 10.0 Å². The van der Waals surface area contributed by atoms with Crippen LogP contribution in [0.5, 0.6) is 0 Å². The van der Waals surface area contributed by atoms with Crippen LogP contribution in [0.2, 0.25) is 10.0 Å². The van der Waals surface area contributed by atoms with Gasteiger partial charge in [-0.3, -0.25) is 0 Å². The van der Waals surface area contributed by atoms with Crippen molar-refractivity contribution in [3.8, 4) is 0 Å². The smallest absolute Gasteiger partial charge is 0.242 e. The van der Waals surface area contributed by atoms with Crippen LogP contribution in [0.3, 0.4) is 0 Å². The Balaban J connectivity index is 3.09. The lowest BCUT2D eigenvalue weighted by Gasteiger charge is -2.07. The molecule has 0 spiro atoms. The van der Waals surface area contributed by atoms with E-state index in [9.17, 15) is 8.42 Å². The molecular formula is C8H9Cl2NO3S. The lowest BCUT2D eigenvalue weighted by atomic mass is 10.4. The number of hydrogen-bond donors (Lipinski definition) is 2. The molecule has 1 rings (SSSR count). The van der Waals surface area contributed by atoms with Gasteiger partial charge in [0.25, 0.3) is 0 Å². The summed E-state index contributed by atoms with van der Waals surface area (Å²) in [7, 11) is -3.70. The van der Waals surface area contributed by atoms with Crippen LogP contribution in [0.15, 0.2) is 23.1 Å². The van der Waals surface area contributed by atoms with Crippen molar-refractivity contribution in [2.24, 2.45) is 0 Å². The highest BCUT2D eigenvalue weighted by Crippen LogP contribution is 2.24. The second-order valence-corrected chi connectivity index (χ2v) is 5.28. The van der Waals surface area contributed by atoms with Crippen LogP contribution in [-0.2, 0) is 10.0 Å². The first-order valence-electron chi connectivity index (χ1n) is 4.03. The van der Waals surface area contributed by atoms with Gasteiger partial charge in [-0.25, -0.2) is 13.1 Å². The lowest BCUT2D eigenvalue weighted by molar-refractivity contribution is 0.301. The number of aliphatic hydroxyl groups excluding tert-OH is 1. The minimum absolute atomic E-state index is 0.0643. The van der Waals surface area contributed by atoms with Gasteiger partial charge in [-0.1, -0.05) is 23.2 Å². The monoisotopic (exact) mass is 269 g/mol. The Hall–Kier alpha value is -0.330. The highest BCUT2D eigenvalue weighted by Gasteiger charge is 2.17. The summed E-state index contributed by atoms with van der Waals surface area (Å²) < 4.78 is 25.4. The Morgan fingerprint density at radius 3 is 2.60 bits per heavy atom. The fraction of sp³-hybridized carbons (Fsp3) is 0.250. The summed E-state index contributed by atoms with van der Waals surface area (Å²) in [5, 5.41) is 8.88. The van der Waals surface area contributed by atoms with Crippen LogP contribution in [0, 0.1) is 0 Å². The van der Waals surface area contributed by atoms with Crippen molar-refractivity contribution in [3.63, 3.8) is 0 Å².